The van der Waals surface area contributed by atoms with Crippen LogP contribution in [0.5, 0.6) is 5.75 Å². The van der Waals surface area contributed by atoms with Crippen LogP contribution in [-0.2, 0) is 29.8 Å². The van der Waals surface area contributed by atoms with E-state index in [2.05, 4.69) is 9.71 Å². The van der Waals surface area contributed by atoms with Crippen molar-refractivity contribution in [2.75, 3.05) is 31.5 Å². The maximum Gasteiger partial charge on any atom is 0.416 e. The number of carbonyl (C=O) groups is 1. The highest BCUT2D eigenvalue weighted by Gasteiger charge is 2.35. The number of aliphatic hydroxyl groups is 1. The standard InChI is InChI=1S/C28H34F3N5O5S/c1-18-12-36(19(2)16-37)27(38)22-6-5-7-23(33-42(39,40)25-15-35(4)17-32-25)26(22)41-24(18)14-34(3)13-20-8-10-21(11-9-20)28(29,30)31/h5-11,15,17-19,24,33,37H,12-14,16H2,1-4H3/t18-,19-,24-/m0/s1. The van der Waals surface area contributed by atoms with E-state index in [0.717, 1.165) is 12.1 Å². The first-order valence-corrected chi connectivity index (χ1v) is 14.7. The number of hydrogen-bond donors (Lipinski definition) is 2. The van der Waals surface area contributed by atoms with Crippen LogP contribution in [0.2, 0.25) is 0 Å². The van der Waals surface area contributed by atoms with Crippen molar-refractivity contribution in [3.63, 3.8) is 0 Å². The highest BCUT2D eigenvalue weighted by atomic mass is 32.2. The van der Waals surface area contributed by atoms with Crippen molar-refractivity contribution in [3.8, 4) is 5.75 Å². The number of para-hydroxylation sites is 1. The van der Waals surface area contributed by atoms with Crippen molar-refractivity contribution in [1.29, 1.82) is 0 Å². The second-order valence-electron chi connectivity index (χ2n) is 10.7. The number of alkyl halides is 3. The van der Waals surface area contributed by atoms with Gasteiger partial charge in [0, 0.05) is 38.8 Å². The lowest BCUT2D eigenvalue weighted by molar-refractivity contribution is -0.137. The number of aromatic nitrogens is 2. The summed E-state index contributed by atoms with van der Waals surface area (Å²) in [7, 11) is -0.696. The number of rotatable bonds is 9. The fraction of sp³-hybridized carbons (Fsp3) is 0.429. The Balaban J connectivity index is 1.66. The van der Waals surface area contributed by atoms with Crippen molar-refractivity contribution in [3.05, 3.63) is 71.7 Å². The Kier molecular flexibility index (Phi) is 9.18. The normalized spacial score (nSPS) is 18.7. The number of anilines is 1. The maximum atomic E-state index is 13.6. The lowest BCUT2D eigenvalue weighted by atomic mass is 9.99. The number of amides is 1. The number of imidazole rings is 1. The van der Waals surface area contributed by atoms with Gasteiger partial charge in [0.15, 0.2) is 10.8 Å². The van der Waals surface area contributed by atoms with Crippen molar-refractivity contribution < 1.29 is 36.2 Å². The van der Waals surface area contributed by atoms with E-state index >= 15 is 0 Å². The van der Waals surface area contributed by atoms with Gasteiger partial charge in [-0.15, -0.1) is 0 Å². The molecule has 0 spiro atoms. The van der Waals surface area contributed by atoms with E-state index < -0.39 is 39.8 Å². The van der Waals surface area contributed by atoms with Crippen LogP contribution in [0, 0.1) is 5.92 Å². The molecule has 1 aliphatic heterocycles. The van der Waals surface area contributed by atoms with Crippen LogP contribution in [0.15, 0.2) is 60.0 Å². The van der Waals surface area contributed by atoms with Crippen molar-refractivity contribution in [2.45, 2.75) is 43.7 Å². The molecule has 10 nitrogen and oxygen atoms in total. The summed E-state index contributed by atoms with van der Waals surface area (Å²) in [5.74, 6) is -0.655. The van der Waals surface area contributed by atoms with Crippen LogP contribution in [0.25, 0.3) is 0 Å². The predicted molar refractivity (Wildman–Crippen MR) is 149 cm³/mol. The number of aryl methyl sites for hydroxylation is 1. The predicted octanol–water partition coefficient (Wildman–Crippen LogP) is 3.59. The molecule has 1 amide bonds. The minimum Gasteiger partial charge on any atom is -0.486 e. The molecule has 1 aliphatic rings. The van der Waals surface area contributed by atoms with Gasteiger partial charge in [-0.05, 0) is 43.8 Å². The first-order chi connectivity index (χ1) is 19.7. The molecule has 3 aromatic rings. The number of hydrogen-bond acceptors (Lipinski definition) is 7. The van der Waals surface area contributed by atoms with Crippen LogP contribution in [0.3, 0.4) is 0 Å². The number of nitrogens with one attached hydrogen (secondary N) is 1. The quantitative estimate of drug-likeness (QED) is 0.381. The molecule has 4 rings (SSSR count). The van der Waals surface area contributed by atoms with Crippen molar-refractivity contribution >= 4 is 21.6 Å². The Labute approximate surface area is 242 Å². The second kappa shape index (κ2) is 12.3. The minimum atomic E-state index is -4.43. The van der Waals surface area contributed by atoms with Gasteiger partial charge in [-0.3, -0.25) is 14.4 Å². The summed E-state index contributed by atoms with van der Waals surface area (Å²) in [5, 5.41) is 9.67. The lowest BCUT2D eigenvalue weighted by Crippen LogP contribution is -2.49. The number of halogens is 3. The van der Waals surface area contributed by atoms with Gasteiger partial charge in [0.25, 0.3) is 15.9 Å². The largest absolute Gasteiger partial charge is 0.486 e. The third-order valence-corrected chi connectivity index (χ3v) is 8.37. The molecule has 3 atom stereocenters. The number of aliphatic hydroxyl groups excluding tert-OH is 1. The Morgan fingerprint density at radius 3 is 2.50 bits per heavy atom. The highest BCUT2D eigenvalue weighted by Crippen LogP contribution is 2.36. The van der Waals surface area contributed by atoms with Gasteiger partial charge >= 0.3 is 6.18 Å². The molecule has 2 aromatic carbocycles. The van der Waals surface area contributed by atoms with Gasteiger partial charge < -0.3 is 19.3 Å². The molecule has 14 heteroatoms. The van der Waals surface area contributed by atoms with Crippen LogP contribution in [-0.4, -0.2) is 77.7 Å². The van der Waals surface area contributed by atoms with E-state index in [9.17, 15) is 31.5 Å². The summed E-state index contributed by atoms with van der Waals surface area (Å²) in [4.78, 5) is 21.0. The van der Waals surface area contributed by atoms with Crippen LogP contribution < -0.4 is 9.46 Å². The summed E-state index contributed by atoms with van der Waals surface area (Å²) in [6.45, 7) is 4.19. The topological polar surface area (TPSA) is 117 Å². The molecular weight excluding hydrogens is 575 g/mol. The molecule has 0 radical (unpaired) electrons. The van der Waals surface area contributed by atoms with Gasteiger partial charge in [0.2, 0.25) is 0 Å². The SMILES string of the molecule is C[C@H]1CN([C@@H](C)CO)C(=O)c2cccc(NS(=O)(=O)c3cn(C)cn3)c2O[C@H]1CN(C)Cc1ccc(C(F)(F)F)cc1. The van der Waals surface area contributed by atoms with Crippen molar-refractivity contribution in [1.82, 2.24) is 19.4 Å². The summed E-state index contributed by atoms with van der Waals surface area (Å²) < 4.78 is 75.6. The molecule has 0 aliphatic carbocycles. The number of fused-ring (bicyclic) bond motifs is 1. The molecule has 0 saturated heterocycles. The van der Waals surface area contributed by atoms with E-state index in [1.54, 1.807) is 21.0 Å². The summed E-state index contributed by atoms with van der Waals surface area (Å²) >= 11 is 0. The van der Waals surface area contributed by atoms with E-state index in [4.69, 9.17) is 4.74 Å². The molecule has 2 N–H and O–H groups in total. The molecule has 1 aromatic heterocycles. The number of ether oxygens (including phenoxy) is 1. The molecule has 0 bridgehead atoms. The van der Waals surface area contributed by atoms with Crippen LogP contribution in [0.4, 0.5) is 18.9 Å². The fourth-order valence-corrected chi connectivity index (χ4v) is 5.79. The van der Waals surface area contributed by atoms with Crippen LogP contribution in [0.1, 0.15) is 35.3 Å². The van der Waals surface area contributed by atoms with E-state index in [1.165, 1.54) is 52.3 Å². The zero-order valence-electron chi connectivity index (χ0n) is 23.7. The second-order valence-corrected chi connectivity index (χ2v) is 12.3. The summed E-state index contributed by atoms with van der Waals surface area (Å²) in [6.07, 6.45) is -2.30. The van der Waals surface area contributed by atoms with E-state index in [0.29, 0.717) is 18.7 Å². The zero-order chi connectivity index (χ0) is 30.8. The molecule has 0 fully saturated rings. The average Bonchev–Trinajstić information content (AvgIpc) is 3.37. The monoisotopic (exact) mass is 609 g/mol. The van der Waals surface area contributed by atoms with Gasteiger partial charge in [-0.25, -0.2) is 4.98 Å². The Morgan fingerprint density at radius 1 is 1.21 bits per heavy atom. The molecule has 0 saturated carbocycles. The van der Waals surface area contributed by atoms with Gasteiger partial charge in [0.05, 0.1) is 35.8 Å². The molecule has 0 unspecified atom stereocenters. The smallest absolute Gasteiger partial charge is 0.416 e. The van der Waals surface area contributed by atoms with Crippen LogP contribution >= 0.6 is 0 Å². The minimum absolute atomic E-state index is 0.0385. The summed E-state index contributed by atoms with van der Waals surface area (Å²) in [6, 6.07) is 8.95. The number of carbonyl (C=O) groups excluding carboxylic acids is 1. The Hall–Kier alpha value is -3.62. The number of likely N-dealkylation sites (N-methyl/N-ethyl adjacent to an activating group) is 1. The lowest BCUT2D eigenvalue weighted by Gasteiger charge is -2.38. The zero-order valence-corrected chi connectivity index (χ0v) is 24.5. The van der Waals surface area contributed by atoms with Gasteiger partial charge in [0.1, 0.15) is 6.10 Å². The first kappa shape index (κ1) is 31.3. The van der Waals surface area contributed by atoms with E-state index in [-0.39, 0.29) is 41.1 Å². The van der Waals surface area contributed by atoms with Gasteiger partial charge in [-0.2, -0.15) is 21.6 Å². The third-order valence-electron chi connectivity index (χ3n) is 7.12. The van der Waals surface area contributed by atoms with Crippen molar-refractivity contribution in [2.24, 2.45) is 13.0 Å². The summed E-state index contributed by atoms with van der Waals surface area (Å²) in [5.41, 5.74) is 0.108. The first-order valence-electron chi connectivity index (χ1n) is 13.3. The van der Waals surface area contributed by atoms with E-state index in [1.807, 2.05) is 11.8 Å². The third kappa shape index (κ3) is 7.05. The Bertz CT molecular complexity index is 1510. The number of nitrogens with zero attached hydrogens (tertiary/aromatic N) is 4. The molecular formula is C28H34F3N5O5S. The van der Waals surface area contributed by atoms with Gasteiger partial charge in [-0.1, -0.05) is 25.1 Å². The Morgan fingerprint density at radius 2 is 1.90 bits per heavy atom. The molecule has 2 heterocycles. The molecule has 42 heavy (non-hydrogen) atoms. The average molecular weight is 610 g/mol. The number of sulfonamides is 1. The molecule has 228 valence electrons. The fourth-order valence-electron chi connectivity index (χ4n) is 4.75. The number of benzene rings is 2. The maximum absolute atomic E-state index is 13.6. The highest BCUT2D eigenvalue weighted by molar-refractivity contribution is 7.92.